The van der Waals surface area contributed by atoms with Crippen LogP contribution >= 0.6 is 0 Å². The predicted molar refractivity (Wildman–Crippen MR) is 115 cm³/mol. The second kappa shape index (κ2) is 7.84. The fourth-order valence-corrected chi connectivity index (χ4v) is 2.70. The van der Waals surface area contributed by atoms with Crippen LogP contribution < -0.4 is 0 Å². The van der Waals surface area contributed by atoms with E-state index in [0.717, 1.165) is 35.4 Å². The molecule has 154 valence electrons. The highest BCUT2D eigenvalue weighted by atomic mass is 15.1. The molecule has 0 saturated carbocycles. The Balaban J connectivity index is 2.41. The number of aromatic nitrogens is 5. The van der Waals surface area contributed by atoms with Crippen LogP contribution in [0.5, 0.6) is 0 Å². The van der Waals surface area contributed by atoms with E-state index in [-0.39, 0.29) is 22.2 Å². The lowest BCUT2D eigenvalue weighted by Gasteiger charge is -2.25. The minimum atomic E-state index is -0.123. The molecule has 0 aliphatic rings. The second-order valence-electron chi connectivity index (χ2n) is 10.5. The topological polar surface area (TPSA) is 64.5 Å². The lowest BCUT2D eigenvalue weighted by Crippen LogP contribution is -2.26. The van der Waals surface area contributed by atoms with Crippen LogP contribution in [0.3, 0.4) is 0 Å². The zero-order valence-electron chi connectivity index (χ0n) is 19.4. The number of rotatable bonds is 5. The van der Waals surface area contributed by atoms with Gasteiger partial charge in [0.25, 0.3) is 0 Å². The molecule has 0 bridgehead atoms. The van der Waals surface area contributed by atoms with Crippen molar-refractivity contribution >= 4 is 0 Å². The van der Waals surface area contributed by atoms with Crippen molar-refractivity contribution in [1.29, 1.82) is 0 Å². The first kappa shape index (κ1) is 22.4. The average molecular weight is 384 g/mol. The zero-order valence-corrected chi connectivity index (χ0v) is 19.4. The molecule has 0 aliphatic carbocycles. The Morgan fingerprint density at radius 1 is 0.821 bits per heavy atom. The minimum Gasteiger partial charge on any atom is -0.241 e. The molecule has 28 heavy (non-hydrogen) atoms. The third kappa shape index (κ3) is 5.33. The van der Waals surface area contributed by atoms with Gasteiger partial charge in [0, 0.05) is 40.5 Å². The van der Waals surface area contributed by atoms with Crippen molar-refractivity contribution in [3.8, 4) is 0 Å². The molecule has 5 heteroatoms. The lowest BCUT2D eigenvalue weighted by molar-refractivity contribution is 0.445. The van der Waals surface area contributed by atoms with E-state index < -0.39 is 0 Å². The first-order chi connectivity index (χ1) is 12.7. The van der Waals surface area contributed by atoms with E-state index >= 15 is 0 Å². The number of hydrogen-bond donors (Lipinski definition) is 0. The molecule has 0 N–H and O–H groups in total. The van der Waals surface area contributed by atoms with Crippen molar-refractivity contribution in [1.82, 2.24) is 24.9 Å². The Labute approximate surface area is 170 Å². The maximum absolute atomic E-state index is 4.85. The van der Waals surface area contributed by atoms with Gasteiger partial charge in [0.05, 0.1) is 0 Å². The summed E-state index contributed by atoms with van der Waals surface area (Å²) in [5.41, 5.74) is 0.858. The van der Waals surface area contributed by atoms with E-state index in [1.807, 2.05) is 12.3 Å². The monoisotopic (exact) mass is 383 g/mol. The number of hydrogen-bond acceptors (Lipinski definition) is 5. The van der Waals surface area contributed by atoms with E-state index in [0.29, 0.717) is 6.42 Å². The summed E-state index contributed by atoms with van der Waals surface area (Å²) in [6.07, 6.45) is 3.54. The number of nitrogens with zero attached hydrogens (tertiary/aromatic N) is 5. The summed E-state index contributed by atoms with van der Waals surface area (Å²) in [4.78, 5) is 23.8. The molecule has 2 heterocycles. The maximum Gasteiger partial charge on any atom is 0.138 e. The SMILES string of the molecule is CCC(C)(C)c1nc(CC(C)c2nccc(C(C)(C)C)n2)nc(C(C)(C)C)n1. The molecule has 0 aromatic carbocycles. The van der Waals surface area contributed by atoms with E-state index in [1.54, 1.807) is 0 Å². The normalized spacial score (nSPS) is 14.2. The molecule has 1 atom stereocenters. The summed E-state index contributed by atoms with van der Waals surface area (Å²) in [5, 5.41) is 0. The van der Waals surface area contributed by atoms with Gasteiger partial charge < -0.3 is 0 Å². The molecule has 5 nitrogen and oxygen atoms in total. The quantitative estimate of drug-likeness (QED) is 0.702. The van der Waals surface area contributed by atoms with Gasteiger partial charge in [-0.25, -0.2) is 24.9 Å². The van der Waals surface area contributed by atoms with Gasteiger partial charge in [0.1, 0.15) is 23.3 Å². The van der Waals surface area contributed by atoms with Gasteiger partial charge in [0.15, 0.2) is 0 Å². The Kier molecular flexibility index (Phi) is 6.27. The van der Waals surface area contributed by atoms with Gasteiger partial charge in [-0.3, -0.25) is 0 Å². The predicted octanol–water partition coefficient (Wildman–Crippen LogP) is 5.29. The van der Waals surface area contributed by atoms with Crippen LogP contribution in [-0.2, 0) is 22.7 Å². The summed E-state index contributed by atoms with van der Waals surface area (Å²) in [6.45, 7) is 21.7. The van der Waals surface area contributed by atoms with Crippen LogP contribution in [0, 0.1) is 0 Å². The third-order valence-electron chi connectivity index (χ3n) is 5.21. The second-order valence-corrected chi connectivity index (χ2v) is 10.5. The highest BCUT2D eigenvalue weighted by Crippen LogP contribution is 2.28. The Morgan fingerprint density at radius 3 is 1.96 bits per heavy atom. The van der Waals surface area contributed by atoms with Crippen molar-refractivity contribution in [2.75, 3.05) is 0 Å². The summed E-state index contributed by atoms with van der Waals surface area (Å²) >= 11 is 0. The first-order valence-corrected chi connectivity index (χ1v) is 10.3. The zero-order chi connectivity index (χ0) is 21.3. The first-order valence-electron chi connectivity index (χ1n) is 10.3. The van der Waals surface area contributed by atoms with Crippen LogP contribution in [0.2, 0.25) is 0 Å². The summed E-state index contributed by atoms with van der Waals surface area (Å²) < 4.78 is 0. The van der Waals surface area contributed by atoms with Crippen LogP contribution in [0.15, 0.2) is 12.3 Å². The van der Waals surface area contributed by atoms with E-state index in [2.05, 4.69) is 74.2 Å². The average Bonchev–Trinajstić information content (AvgIpc) is 2.60. The van der Waals surface area contributed by atoms with Crippen LogP contribution in [0.4, 0.5) is 0 Å². The third-order valence-corrected chi connectivity index (χ3v) is 5.21. The standard InChI is InChI=1S/C23H37N5/c1-11-23(9,10)20-27-17(26-19(28-20)22(6,7)8)14-15(2)18-24-13-12-16(25-18)21(3,4)5/h12-13,15H,11,14H2,1-10H3. The minimum absolute atomic E-state index is 0.00228. The largest absolute Gasteiger partial charge is 0.241 e. The lowest BCUT2D eigenvalue weighted by atomic mass is 9.88. The molecular weight excluding hydrogens is 346 g/mol. The molecule has 0 aliphatic heterocycles. The summed E-state index contributed by atoms with van der Waals surface area (Å²) in [6, 6.07) is 2.00. The molecule has 0 radical (unpaired) electrons. The van der Waals surface area contributed by atoms with Crippen LogP contribution in [0.25, 0.3) is 0 Å². The van der Waals surface area contributed by atoms with Crippen molar-refractivity contribution in [3.05, 3.63) is 41.3 Å². The molecule has 0 spiro atoms. The van der Waals surface area contributed by atoms with Crippen LogP contribution in [-0.4, -0.2) is 24.9 Å². The fourth-order valence-electron chi connectivity index (χ4n) is 2.70. The maximum atomic E-state index is 4.85. The van der Waals surface area contributed by atoms with E-state index in [4.69, 9.17) is 19.9 Å². The van der Waals surface area contributed by atoms with Gasteiger partial charge in [-0.2, -0.15) is 0 Å². The van der Waals surface area contributed by atoms with Gasteiger partial charge in [-0.15, -0.1) is 0 Å². The molecule has 2 aromatic heterocycles. The van der Waals surface area contributed by atoms with E-state index in [9.17, 15) is 0 Å². The molecule has 2 aromatic rings. The Bertz CT molecular complexity index is 812. The highest BCUT2D eigenvalue weighted by Gasteiger charge is 2.28. The van der Waals surface area contributed by atoms with Crippen molar-refractivity contribution < 1.29 is 0 Å². The van der Waals surface area contributed by atoms with Crippen molar-refractivity contribution in [2.45, 2.75) is 104 Å². The van der Waals surface area contributed by atoms with Crippen molar-refractivity contribution in [2.24, 2.45) is 0 Å². The van der Waals surface area contributed by atoms with Crippen LogP contribution in [0.1, 0.15) is 111 Å². The van der Waals surface area contributed by atoms with Gasteiger partial charge in [-0.05, 0) is 12.5 Å². The van der Waals surface area contributed by atoms with Gasteiger partial charge >= 0.3 is 0 Å². The summed E-state index contributed by atoms with van der Waals surface area (Å²) in [5.74, 6) is 3.54. The smallest absolute Gasteiger partial charge is 0.138 e. The fraction of sp³-hybridized carbons (Fsp3) is 0.696. The van der Waals surface area contributed by atoms with Gasteiger partial charge in [0.2, 0.25) is 0 Å². The molecule has 0 amide bonds. The highest BCUT2D eigenvalue weighted by molar-refractivity contribution is 5.16. The molecule has 1 unspecified atom stereocenters. The molecule has 2 rings (SSSR count). The molecule has 0 fully saturated rings. The van der Waals surface area contributed by atoms with E-state index in [1.165, 1.54) is 0 Å². The molecular formula is C23H37N5. The Hall–Kier alpha value is -1.91. The molecule has 0 saturated heterocycles. The van der Waals surface area contributed by atoms with Crippen molar-refractivity contribution in [3.63, 3.8) is 0 Å². The summed E-state index contributed by atoms with van der Waals surface area (Å²) in [7, 11) is 0. The Morgan fingerprint density at radius 2 is 1.43 bits per heavy atom. The van der Waals surface area contributed by atoms with Gasteiger partial charge in [-0.1, -0.05) is 69.2 Å².